The summed E-state index contributed by atoms with van der Waals surface area (Å²) in [4.78, 5) is 10.2. The number of carbonyl (C=O) groups is 1. The average Bonchev–Trinajstić information content (AvgIpc) is 2.73. The fourth-order valence-corrected chi connectivity index (χ4v) is 1.64. The number of aryl methyl sites for hydroxylation is 1. The van der Waals surface area contributed by atoms with Gasteiger partial charge in [-0.25, -0.2) is 9.13 Å². The van der Waals surface area contributed by atoms with Crippen LogP contribution in [0.25, 0.3) is 0 Å². The fourth-order valence-electron chi connectivity index (χ4n) is 1.64. The molecule has 1 aromatic heterocycles. The molecule has 0 aliphatic rings. The van der Waals surface area contributed by atoms with Crippen LogP contribution >= 0.6 is 0 Å². The third-order valence-corrected chi connectivity index (χ3v) is 2.60. The normalized spacial score (nSPS) is 10.6. The zero-order chi connectivity index (χ0) is 12.5. The van der Waals surface area contributed by atoms with Gasteiger partial charge in [-0.05, 0) is 25.7 Å². The minimum Gasteiger partial charge on any atom is -0.550 e. The van der Waals surface area contributed by atoms with E-state index < -0.39 is 5.97 Å². The number of methoxy groups -OCH3 is 1. The Bertz CT molecular complexity index is 336. The third-order valence-electron chi connectivity index (χ3n) is 2.60. The highest BCUT2D eigenvalue weighted by molar-refractivity contribution is 5.63. The summed E-state index contributed by atoms with van der Waals surface area (Å²) in [7, 11) is 1.69. The highest BCUT2D eigenvalue weighted by Gasteiger charge is 2.02. The van der Waals surface area contributed by atoms with Gasteiger partial charge < -0.3 is 14.6 Å². The lowest BCUT2D eigenvalue weighted by atomic mass is 10.2. The summed E-state index contributed by atoms with van der Waals surface area (Å²) in [6, 6.07) is 0. The van der Waals surface area contributed by atoms with Gasteiger partial charge >= 0.3 is 0 Å². The molecule has 0 radical (unpaired) electrons. The molecule has 0 saturated carbocycles. The number of ether oxygens (including phenoxy) is 1. The minimum absolute atomic E-state index is 0.166. The maximum Gasteiger partial charge on any atom is 0.243 e. The summed E-state index contributed by atoms with van der Waals surface area (Å²) in [5.41, 5.74) is 0. The molecule has 0 N–H and O–H groups in total. The number of nitrogens with zero attached hydrogens (tertiary/aromatic N) is 2. The number of aromatic nitrogens is 2. The average molecular weight is 240 g/mol. The van der Waals surface area contributed by atoms with E-state index in [2.05, 4.69) is 9.13 Å². The van der Waals surface area contributed by atoms with E-state index >= 15 is 0 Å². The zero-order valence-electron chi connectivity index (χ0n) is 10.3. The van der Waals surface area contributed by atoms with E-state index in [9.17, 15) is 9.90 Å². The Balaban J connectivity index is 2.14. The van der Waals surface area contributed by atoms with E-state index in [1.165, 1.54) is 0 Å². The number of rotatable bonds is 9. The molecule has 0 bridgehead atoms. The van der Waals surface area contributed by atoms with Crippen molar-refractivity contribution in [2.75, 3.05) is 13.7 Å². The van der Waals surface area contributed by atoms with Crippen molar-refractivity contribution in [1.29, 1.82) is 0 Å². The van der Waals surface area contributed by atoms with E-state index in [-0.39, 0.29) is 6.42 Å². The van der Waals surface area contributed by atoms with Crippen molar-refractivity contribution in [3.05, 3.63) is 18.7 Å². The minimum atomic E-state index is -0.955. The first-order valence-corrected chi connectivity index (χ1v) is 5.96. The predicted molar refractivity (Wildman–Crippen MR) is 60.0 cm³/mol. The summed E-state index contributed by atoms with van der Waals surface area (Å²) in [5, 5.41) is 10.2. The number of imidazole rings is 1. The Morgan fingerprint density at radius 3 is 2.94 bits per heavy atom. The second-order valence-electron chi connectivity index (χ2n) is 4.06. The molecule has 0 unspecified atom stereocenters. The second kappa shape index (κ2) is 7.84. The van der Waals surface area contributed by atoms with E-state index in [4.69, 9.17) is 4.74 Å². The first kappa shape index (κ1) is 13.7. The van der Waals surface area contributed by atoms with Crippen molar-refractivity contribution >= 4 is 5.97 Å². The Labute approximate surface area is 102 Å². The molecule has 96 valence electrons. The van der Waals surface area contributed by atoms with Crippen LogP contribution in [0.2, 0.25) is 0 Å². The maximum atomic E-state index is 10.2. The molecule has 1 heterocycles. The number of carbonyl (C=O) groups excluding carboxylic acids is 1. The van der Waals surface area contributed by atoms with Gasteiger partial charge in [0.2, 0.25) is 6.33 Å². The van der Waals surface area contributed by atoms with Crippen LogP contribution in [0.1, 0.15) is 25.7 Å². The molecule has 0 spiro atoms. The molecule has 17 heavy (non-hydrogen) atoms. The highest BCUT2D eigenvalue weighted by atomic mass is 16.5. The number of hydrogen-bond donors (Lipinski definition) is 0. The maximum absolute atomic E-state index is 10.2. The molecule has 0 amide bonds. The van der Waals surface area contributed by atoms with Crippen LogP contribution in [-0.4, -0.2) is 24.3 Å². The van der Waals surface area contributed by atoms with Crippen LogP contribution in [0, 0.1) is 0 Å². The van der Waals surface area contributed by atoms with Crippen LogP contribution < -0.4 is 9.67 Å². The Hall–Kier alpha value is -1.36. The summed E-state index contributed by atoms with van der Waals surface area (Å²) in [6.07, 6.45) is 8.86. The van der Waals surface area contributed by atoms with Gasteiger partial charge in [0.1, 0.15) is 18.9 Å². The van der Waals surface area contributed by atoms with Crippen LogP contribution in [-0.2, 0) is 22.6 Å². The quantitative estimate of drug-likeness (QED) is 0.441. The predicted octanol–water partition coefficient (Wildman–Crippen LogP) is -0.268. The Kier molecular flexibility index (Phi) is 6.32. The van der Waals surface area contributed by atoms with E-state index in [0.717, 1.165) is 25.9 Å². The molecule has 0 saturated heterocycles. The number of carboxylic acids is 1. The van der Waals surface area contributed by atoms with Gasteiger partial charge in [0.25, 0.3) is 0 Å². The zero-order valence-corrected chi connectivity index (χ0v) is 10.3. The van der Waals surface area contributed by atoms with E-state index in [1.807, 2.05) is 18.7 Å². The monoisotopic (exact) mass is 240 g/mol. The summed E-state index contributed by atoms with van der Waals surface area (Å²) < 4.78 is 9.18. The number of aliphatic carboxylic acids is 1. The van der Waals surface area contributed by atoms with Gasteiger partial charge in [0, 0.05) is 13.1 Å². The second-order valence-corrected chi connectivity index (χ2v) is 4.06. The molecule has 0 aromatic carbocycles. The van der Waals surface area contributed by atoms with Crippen molar-refractivity contribution in [1.82, 2.24) is 4.57 Å². The van der Waals surface area contributed by atoms with Crippen LogP contribution in [0.15, 0.2) is 18.7 Å². The van der Waals surface area contributed by atoms with Crippen molar-refractivity contribution in [2.24, 2.45) is 0 Å². The lowest BCUT2D eigenvalue weighted by Crippen LogP contribution is -2.31. The van der Waals surface area contributed by atoms with Crippen LogP contribution in [0.4, 0.5) is 0 Å². The molecule has 1 rings (SSSR count). The van der Waals surface area contributed by atoms with Gasteiger partial charge in [0.05, 0.1) is 13.2 Å². The summed E-state index contributed by atoms with van der Waals surface area (Å²) >= 11 is 0. The van der Waals surface area contributed by atoms with Gasteiger partial charge in [0.15, 0.2) is 0 Å². The van der Waals surface area contributed by atoms with Gasteiger partial charge in [-0.3, -0.25) is 0 Å². The Morgan fingerprint density at radius 1 is 1.41 bits per heavy atom. The number of carboxylic acid groups (broad SMARTS) is 1. The first-order chi connectivity index (χ1) is 8.22. The smallest absolute Gasteiger partial charge is 0.243 e. The lowest BCUT2D eigenvalue weighted by molar-refractivity contribution is -0.696. The highest BCUT2D eigenvalue weighted by Crippen LogP contribution is 1.98. The lowest BCUT2D eigenvalue weighted by Gasteiger charge is -2.00. The summed E-state index contributed by atoms with van der Waals surface area (Å²) in [6.45, 7) is 2.49. The molecule has 1 aromatic rings. The molecular formula is C12H20N2O3. The van der Waals surface area contributed by atoms with Crippen molar-refractivity contribution in [2.45, 2.75) is 38.8 Å². The SMILES string of the molecule is COCCn1cc[n+](CCCCCC(=O)[O-])c1. The van der Waals surface area contributed by atoms with Crippen LogP contribution in [0.5, 0.6) is 0 Å². The largest absolute Gasteiger partial charge is 0.550 e. The standard InChI is InChI=1S/C12H20N2O3/c1-17-10-9-14-8-7-13(11-14)6-4-2-3-5-12(15)16/h7-8,11H,2-6,9-10H2,1H3. The third kappa shape index (κ3) is 6.06. The number of hydrogen-bond acceptors (Lipinski definition) is 3. The molecule has 0 aliphatic heterocycles. The molecule has 0 aliphatic carbocycles. The number of unbranched alkanes of at least 4 members (excludes halogenated alkanes) is 2. The molecule has 5 nitrogen and oxygen atoms in total. The van der Waals surface area contributed by atoms with Gasteiger partial charge in [-0.2, -0.15) is 0 Å². The summed E-state index contributed by atoms with van der Waals surface area (Å²) in [5.74, 6) is -0.955. The molecular weight excluding hydrogens is 220 g/mol. The van der Waals surface area contributed by atoms with E-state index in [0.29, 0.717) is 13.0 Å². The first-order valence-electron chi connectivity index (χ1n) is 5.96. The van der Waals surface area contributed by atoms with Gasteiger partial charge in [-0.1, -0.05) is 0 Å². The van der Waals surface area contributed by atoms with Gasteiger partial charge in [-0.15, -0.1) is 0 Å². The van der Waals surface area contributed by atoms with Crippen molar-refractivity contribution in [3.63, 3.8) is 0 Å². The van der Waals surface area contributed by atoms with Crippen LogP contribution in [0.3, 0.4) is 0 Å². The molecule has 0 fully saturated rings. The van der Waals surface area contributed by atoms with Crippen molar-refractivity contribution < 1.29 is 19.2 Å². The molecule has 5 heteroatoms. The van der Waals surface area contributed by atoms with Crippen molar-refractivity contribution in [3.8, 4) is 0 Å². The Morgan fingerprint density at radius 2 is 2.24 bits per heavy atom. The molecule has 0 atom stereocenters. The fraction of sp³-hybridized carbons (Fsp3) is 0.667. The topological polar surface area (TPSA) is 58.2 Å². The van der Waals surface area contributed by atoms with E-state index in [1.54, 1.807) is 7.11 Å².